The molecule has 15 heavy (non-hydrogen) atoms. The number of hydrogen-bond acceptors (Lipinski definition) is 2. The van der Waals surface area contributed by atoms with Crippen molar-refractivity contribution in [2.75, 3.05) is 5.73 Å². The molecule has 0 radical (unpaired) electrons. The molecule has 0 unspecified atom stereocenters. The first-order chi connectivity index (χ1) is 7.36. The zero-order valence-corrected chi connectivity index (χ0v) is 8.14. The average molecular weight is 194 g/mol. The molecule has 0 bridgehead atoms. The molecule has 2 N–H and O–H groups in total. The Bertz CT molecular complexity index is 590. The second kappa shape index (κ2) is 2.95. The average Bonchev–Trinajstić information content (AvgIpc) is 2.30. The molecule has 0 saturated heterocycles. The van der Waals surface area contributed by atoms with Crippen LogP contribution in [0.25, 0.3) is 21.7 Å². The molecule has 2 aromatic carbocycles. The monoisotopic (exact) mass is 194 g/mol. The summed E-state index contributed by atoms with van der Waals surface area (Å²) in [5.41, 5.74) is 7.74. The summed E-state index contributed by atoms with van der Waals surface area (Å²) in [4.78, 5) is 4.31. The quantitative estimate of drug-likeness (QED) is 0.441. The second-order valence-electron chi connectivity index (χ2n) is 3.59. The van der Waals surface area contributed by atoms with Crippen molar-refractivity contribution < 1.29 is 0 Å². The van der Waals surface area contributed by atoms with E-state index >= 15 is 0 Å². The van der Waals surface area contributed by atoms with E-state index in [4.69, 9.17) is 5.73 Å². The molecular formula is C13H10N2. The van der Waals surface area contributed by atoms with E-state index in [1.165, 1.54) is 0 Å². The number of nitrogens with zero attached hydrogens (tertiary/aromatic N) is 1. The smallest absolute Gasteiger partial charge is 0.0937 e. The van der Waals surface area contributed by atoms with Crippen molar-refractivity contribution in [3.63, 3.8) is 0 Å². The summed E-state index contributed by atoms with van der Waals surface area (Å²) in [5, 5.41) is 3.33. The van der Waals surface area contributed by atoms with Crippen molar-refractivity contribution in [2.45, 2.75) is 0 Å². The Morgan fingerprint density at radius 2 is 1.73 bits per heavy atom. The SMILES string of the molecule is Nc1c2ccccc2cc2cccnc12. The summed E-state index contributed by atoms with van der Waals surface area (Å²) in [6.07, 6.45) is 1.77. The second-order valence-corrected chi connectivity index (χ2v) is 3.59. The number of rotatable bonds is 0. The standard InChI is InChI=1S/C13H10N2/c14-12-11-6-2-1-4-9(11)8-10-5-3-7-15-13(10)12/h1-8H,14H2. The van der Waals surface area contributed by atoms with Crippen LogP contribution in [0.5, 0.6) is 0 Å². The van der Waals surface area contributed by atoms with E-state index < -0.39 is 0 Å². The summed E-state index contributed by atoms with van der Waals surface area (Å²) >= 11 is 0. The van der Waals surface area contributed by atoms with Gasteiger partial charge in [0.25, 0.3) is 0 Å². The van der Waals surface area contributed by atoms with Crippen molar-refractivity contribution in [3.05, 3.63) is 48.7 Å². The van der Waals surface area contributed by atoms with Crippen LogP contribution in [-0.2, 0) is 0 Å². The highest BCUT2D eigenvalue weighted by Gasteiger charge is 2.03. The number of nitrogens with two attached hydrogens (primary N) is 1. The normalized spacial score (nSPS) is 10.9. The first-order valence-corrected chi connectivity index (χ1v) is 4.88. The fourth-order valence-electron chi connectivity index (χ4n) is 1.92. The first kappa shape index (κ1) is 8.24. The molecule has 0 aliphatic rings. The van der Waals surface area contributed by atoms with Crippen molar-refractivity contribution in [2.24, 2.45) is 0 Å². The van der Waals surface area contributed by atoms with E-state index in [0.29, 0.717) is 0 Å². The molecular weight excluding hydrogens is 184 g/mol. The Labute approximate surface area is 87.4 Å². The molecule has 2 nitrogen and oxygen atoms in total. The zero-order valence-electron chi connectivity index (χ0n) is 8.14. The minimum atomic E-state index is 0.767. The minimum absolute atomic E-state index is 0.767. The first-order valence-electron chi connectivity index (χ1n) is 4.88. The van der Waals surface area contributed by atoms with Gasteiger partial charge in [0.2, 0.25) is 0 Å². The predicted octanol–water partition coefficient (Wildman–Crippen LogP) is 2.97. The summed E-state index contributed by atoms with van der Waals surface area (Å²) < 4.78 is 0. The third kappa shape index (κ3) is 1.15. The molecule has 0 atom stereocenters. The van der Waals surface area contributed by atoms with Crippen LogP contribution in [0.3, 0.4) is 0 Å². The van der Waals surface area contributed by atoms with Gasteiger partial charge in [-0.3, -0.25) is 4.98 Å². The molecule has 3 rings (SSSR count). The molecule has 3 aromatic rings. The van der Waals surface area contributed by atoms with E-state index in [2.05, 4.69) is 17.1 Å². The number of fused-ring (bicyclic) bond motifs is 2. The lowest BCUT2D eigenvalue weighted by Gasteiger charge is -2.05. The molecule has 0 fully saturated rings. The van der Waals surface area contributed by atoms with Crippen LogP contribution in [0.2, 0.25) is 0 Å². The summed E-state index contributed by atoms with van der Waals surface area (Å²) in [6.45, 7) is 0. The van der Waals surface area contributed by atoms with E-state index in [1.54, 1.807) is 6.20 Å². The lowest BCUT2D eigenvalue weighted by atomic mass is 10.1. The van der Waals surface area contributed by atoms with Gasteiger partial charge in [0.1, 0.15) is 0 Å². The van der Waals surface area contributed by atoms with Gasteiger partial charge in [-0.2, -0.15) is 0 Å². The summed E-state index contributed by atoms with van der Waals surface area (Å²) in [6, 6.07) is 14.2. The van der Waals surface area contributed by atoms with Crippen molar-refractivity contribution in [1.29, 1.82) is 0 Å². The van der Waals surface area contributed by atoms with Crippen molar-refractivity contribution in [3.8, 4) is 0 Å². The summed E-state index contributed by atoms with van der Waals surface area (Å²) in [5.74, 6) is 0. The number of aromatic nitrogens is 1. The molecule has 0 aliphatic heterocycles. The third-order valence-corrected chi connectivity index (χ3v) is 2.66. The molecule has 1 heterocycles. The molecule has 72 valence electrons. The fraction of sp³-hybridized carbons (Fsp3) is 0. The minimum Gasteiger partial charge on any atom is -0.396 e. The van der Waals surface area contributed by atoms with Crippen LogP contribution >= 0.6 is 0 Å². The van der Waals surface area contributed by atoms with E-state index in [1.807, 2.05) is 30.3 Å². The van der Waals surface area contributed by atoms with Gasteiger partial charge in [0.15, 0.2) is 0 Å². The van der Waals surface area contributed by atoms with E-state index in [-0.39, 0.29) is 0 Å². The Hall–Kier alpha value is -2.09. The highest BCUT2D eigenvalue weighted by Crippen LogP contribution is 2.28. The zero-order chi connectivity index (χ0) is 10.3. The molecule has 1 aromatic heterocycles. The van der Waals surface area contributed by atoms with Gasteiger partial charge in [-0.1, -0.05) is 30.3 Å². The Morgan fingerprint density at radius 1 is 0.933 bits per heavy atom. The Morgan fingerprint density at radius 3 is 2.67 bits per heavy atom. The van der Waals surface area contributed by atoms with E-state index in [9.17, 15) is 0 Å². The maximum atomic E-state index is 6.09. The lowest BCUT2D eigenvalue weighted by Crippen LogP contribution is -1.91. The molecule has 0 spiro atoms. The lowest BCUT2D eigenvalue weighted by molar-refractivity contribution is 1.42. The van der Waals surface area contributed by atoms with Crippen LogP contribution in [0, 0.1) is 0 Å². The number of anilines is 1. The van der Waals surface area contributed by atoms with E-state index in [0.717, 1.165) is 27.4 Å². The Kier molecular flexibility index (Phi) is 1.62. The van der Waals surface area contributed by atoms with Gasteiger partial charge in [0.05, 0.1) is 11.2 Å². The fourth-order valence-corrected chi connectivity index (χ4v) is 1.92. The van der Waals surface area contributed by atoms with Crippen LogP contribution in [0.15, 0.2) is 48.7 Å². The van der Waals surface area contributed by atoms with Gasteiger partial charge < -0.3 is 5.73 Å². The molecule has 0 aliphatic carbocycles. The van der Waals surface area contributed by atoms with Crippen molar-refractivity contribution in [1.82, 2.24) is 4.98 Å². The largest absolute Gasteiger partial charge is 0.396 e. The topological polar surface area (TPSA) is 38.9 Å². The Balaban J connectivity index is 2.60. The third-order valence-electron chi connectivity index (χ3n) is 2.66. The van der Waals surface area contributed by atoms with Gasteiger partial charge >= 0.3 is 0 Å². The van der Waals surface area contributed by atoms with Crippen molar-refractivity contribution >= 4 is 27.4 Å². The van der Waals surface area contributed by atoms with Crippen LogP contribution in [0.4, 0.5) is 5.69 Å². The number of nitrogen functional groups attached to an aromatic ring is 1. The van der Waals surface area contributed by atoms with Crippen LogP contribution < -0.4 is 5.73 Å². The molecule has 0 saturated carbocycles. The maximum Gasteiger partial charge on any atom is 0.0937 e. The molecule has 0 amide bonds. The number of benzene rings is 2. The van der Waals surface area contributed by atoms with Gasteiger partial charge in [-0.25, -0.2) is 0 Å². The number of pyridine rings is 1. The van der Waals surface area contributed by atoms with Gasteiger partial charge in [0, 0.05) is 17.0 Å². The highest BCUT2D eigenvalue weighted by molar-refractivity contribution is 6.08. The van der Waals surface area contributed by atoms with Crippen LogP contribution in [-0.4, -0.2) is 4.98 Å². The van der Waals surface area contributed by atoms with Crippen LogP contribution in [0.1, 0.15) is 0 Å². The highest BCUT2D eigenvalue weighted by atomic mass is 14.7. The van der Waals surface area contributed by atoms with Gasteiger partial charge in [-0.05, 0) is 17.5 Å². The maximum absolute atomic E-state index is 6.09. The molecule has 2 heteroatoms. The predicted molar refractivity (Wildman–Crippen MR) is 63.7 cm³/mol. The number of hydrogen-bond donors (Lipinski definition) is 1. The van der Waals surface area contributed by atoms with Gasteiger partial charge in [-0.15, -0.1) is 0 Å². The summed E-state index contributed by atoms with van der Waals surface area (Å²) in [7, 11) is 0.